The van der Waals surface area contributed by atoms with Crippen molar-refractivity contribution >= 4 is 5.91 Å². The van der Waals surface area contributed by atoms with E-state index in [0.29, 0.717) is 26.2 Å². The molecular formula is C17H27N3O2. The lowest BCUT2D eigenvalue weighted by molar-refractivity contribution is -0.120. The molecule has 5 nitrogen and oxygen atoms in total. The number of ether oxygens (including phenoxy) is 1. The Morgan fingerprint density at radius 1 is 1.27 bits per heavy atom. The quantitative estimate of drug-likeness (QED) is 0.673. The van der Waals surface area contributed by atoms with Crippen molar-refractivity contribution in [2.45, 2.75) is 18.9 Å². The van der Waals surface area contributed by atoms with Gasteiger partial charge >= 0.3 is 0 Å². The normalized spacial score (nSPS) is 16.6. The lowest BCUT2D eigenvalue weighted by Crippen LogP contribution is -2.40. The number of nitrogens with zero attached hydrogens (tertiary/aromatic N) is 1. The van der Waals surface area contributed by atoms with Crippen LogP contribution in [0.3, 0.4) is 0 Å². The molecule has 1 atom stereocenters. The van der Waals surface area contributed by atoms with Crippen LogP contribution in [-0.2, 0) is 9.53 Å². The van der Waals surface area contributed by atoms with Crippen molar-refractivity contribution in [2.24, 2.45) is 0 Å². The highest BCUT2D eigenvalue weighted by atomic mass is 16.5. The Morgan fingerprint density at radius 3 is 2.68 bits per heavy atom. The second kappa shape index (κ2) is 9.56. The predicted octanol–water partition coefficient (Wildman–Crippen LogP) is 1.18. The van der Waals surface area contributed by atoms with E-state index in [1.807, 2.05) is 6.07 Å². The molecule has 122 valence electrons. The maximum atomic E-state index is 11.9. The third-order valence-corrected chi connectivity index (χ3v) is 4.03. The van der Waals surface area contributed by atoms with Gasteiger partial charge in [-0.2, -0.15) is 0 Å². The first-order valence-corrected chi connectivity index (χ1v) is 8.06. The zero-order chi connectivity index (χ0) is 15.6. The molecule has 1 saturated heterocycles. The Morgan fingerprint density at radius 2 is 2.00 bits per heavy atom. The SMILES string of the molecule is COCCNCC(=O)NCC(c1ccccc1)N1CCCC1. The molecule has 1 amide bonds. The summed E-state index contributed by atoms with van der Waals surface area (Å²) in [6, 6.07) is 10.7. The van der Waals surface area contributed by atoms with Crippen LogP contribution < -0.4 is 10.6 Å². The summed E-state index contributed by atoms with van der Waals surface area (Å²) >= 11 is 0. The van der Waals surface area contributed by atoms with Crippen LogP contribution in [0.5, 0.6) is 0 Å². The van der Waals surface area contributed by atoms with E-state index in [9.17, 15) is 4.79 Å². The van der Waals surface area contributed by atoms with E-state index in [1.165, 1.54) is 18.4 Å². The largest absolute Gasteiger partial charge is 0.383 e. The zero-order valence-corrected chi connectivity index (χ0v) is 13.4. The maximum Gasteiger partial charge on any atom is 0.234 e. The lowest BCUT2D eigenvalue weighted by Gasteiger charge is -2.28. The molecule has 1 fully saturated rings. The van der Waals surface area contributed by atoms with Gasteiger partial charge in [0.15, 0.2) is 0 Å². The molecule has 0 bridgehead atoms. The second-order valence-corrected chi connectivity index (χ2v) is 5.64. The van der Waals surface area contributed by atoms with Crippen molar-refractivity contribution in [3.63, 3.8) is 0 Å². The van der Waals surface area contributed by atoms with Gasteiger partial charge in [0.05, 0.1) is 19.2 Å². The molecule has 2 rings (SSSR count). The number of carbonyl (C=O) groups excluding carboxylic acids is 1. The fourth-order valence-electron chi connectivity index (χ4n) is 2.84. The Bertz CT molecular complexity index is 433. The highest BCUT2D eigenvalue weighted by Gasteiger charge is 2.23. The topological polar surface area (TPSA) is 53.6 Å². The van der Waals surface area contributed by atoms with Crippen molar-refractivity contribution in [1.82, 2.24) is 15.5 Å². The maximum absolute atomic E-state index is 11.9. The van der Waals surface area contributed by atoms with Gasteiger partial charge in [-0.05, 0) is 31.5 Å². The average Bonchev–Trinajstić information content (AvgIpc) is 3.07. The first kappa shape index (κ1) is 16.9. The third kappa shape index (κ3) is 5.40. The Balaban J connectivity index is 1.83. The summed E-state index contributed by atoms with van der Waals surface area (Å²) in [6.07, 6.45) is 2.49. The van der Waals surface area contributed by atoms with Gasteiger partial charge in [-0.25, -0.2) is 0 Å². The van der Waals surface area contributed by atoms with Gasteiger partial charge < -0.3 is 15.4 Å². The van der Waals surface area contributed by atoms with E-state index < -0.39 is 0 Å². The molecule has 1 aliphatic heterocycles. The molecular weight excluding hydrogens is 278 g/mol. The van der Waals surface area contributed by atoms with Gasteiger partial charge in [0.2, 0.25) is 5.91 Å². The monoisotopic (exact) mass is 305 g/mol. The number of hydrogen-bond acceptors (Lipinski definition) is 4. The lowest BCUT2D eigenvalue weighted by atomic mass is 10.1. The molecule has 1 aromatic rings. The molecule has 2 N–H and O–H groups in total. The van der Waals surface area contributed by atoms with Crippen molar-refractivity contribution in [2.75, 3.05) is 46.4 Å². The molecule has 0 spiro atoms. The van der Waals surface area contributed by atoms with Crippen LogP contribution in [0.15, 0.2) is 30.3 Å². The summed E-state index contributed by atoms with van der Waals surface area (Å²) in [5.74, 6) is 0.0382. The fourth-order valence-corrected chi connectivity index (χ4v) is 2.84. The minimum atomic E-state index is 0.0382. The van der Waals surface area contributed by atoms with Crippen molar-refractivity contribution in [3.05, 3.63) is 35.9 Å². The molecule has 0 aliphatic carbocycles. The average molecular weight is 305 g/mol. The van der Waals surface area contributed by atoms with E-state index in [0.717, 1.165) is 13.1 Å². The molecule has 22 heavy (non-hydrogen) atoms. The zero-order valence-electron chi connectivity index (χ0n) is 13.4. The first-order chi connectivity index (χ1) is 10.8. The van der Waals surface area contributed by atoms with Gasteiger partial charge in [-0.1, -0.05) is 30.3 Å². The summed E-state index contributed by atoms with van der Waals surface area (Å²) < 4.78 is 4.95. The predicted molar refractivity (Wildman–Crippen MR) is 87.7 cm³/mol. The fraction of sp³-hybridized carbons (Fsp3) is 0.588. The van der Waals surface area contributed by atoms with Crippen LogP contribution in [0.2, 0.25) is 0 Å². The molecule has 1 aromatic carbocycles. The minimum absolute atomic E-state index is 0.0382. The van der Waals surface area contributed by atoms with E-state index in [4.69, 9.17) is 4.74 Å². The number of rotatable bonds is 9. The van der Waals surface area contributed by atoms with Crippen LogP contribution in [0, 0.1) is 0 Å². The molecule has 1 heterocycles. The van der Waals surface area contributed by atoms with Gasteiger partial charge in [0, 0.05) is 20.2 Å². The molecule has 1 unspecified atom stereocenters. The van der Waals surface area contributed by atoms with Gasteiger partial charge in [0.25, 0.3) is 0 Å². The summed E-state index contributed by atoms with van der Waals surface area (Å²) in [7, 11) is 1.66. The summed E-state index contributed by atoms with van der Waals surface area (Å²) in [5, 5.41) is 6.12. The van der Waals surface area contributed by atoms with Crippen LogP contribution in [-0.4, -0.2) is 57.2 Å². The third-order valence-electron chi connectivity index (χ3n) is 4.03. The number of methoxy groups -OCH3 is 1. The number of nitrogens with one attached hydrogen (secondary N) is 2. The molecule has 0 saturated carbocycles. The highest BCUT2D eigenvalue weighted by Crippen LogP contribution is 2.24. The van der Waals surface area contributed by atoms with E-state index in [1.54, 1.807) is 7.11 Å². The number of hydrogen-bond donors (Lipinski definition) is 2. The number of carbonyl (C=O) groups is 1. The molecule has 0 radical (unpaired) electrons. The summed E-state index contributed by atoms with van der Waals surface area (Å²) in [4.78, 5) is 14.4. The van der Waals surface area contributed by atoms with Gasteiger partial charge in [-0.3, -0.25) is 9.69 Å². The summed E-state index contributed by atoms with van der Waals surface area (Å²) in [6.45, 7) is 4.54. The van der Waals surface area contributed by atoms with Gasteiger partial charge in [0.1, 0.15) is 0 Å². The highest BCUT2D eigenvalue weighted by molar-refractivity contribution is 5.78. The smallest absolute Gasteiger partial charge is 0.234 e. The number of amides is 1. The van der Waals surface area contributed by atoms with E-state index in [2.05, 4.69) is 39.8 Å². The van der Waals surface area contributed by atoms with E-state index >= 15 is 0 Å². The van der Waals surface area contributed by atoms with Gasteiger partial charge in [-0.15, -0.1) is 0 Å². The van der Waals surface area contributed by atoms with Crippen LogP contribution >= 0.6 is 0 Å². The first-order valence-electron chi connectivity index (χ1n) is 8.06. The molecule has 5 heteroatoms. The van der Waals surface area contributed by atoms with E-state index in [-0.39, 0.29) is 11.9 Å². The molecule has 1 aliphatic rings. The molecule has 0 aromatic heterocycles. The van der Waals surface area contributed by atoms with Crippen molar-refractivity contribution in [1.29, 1.82) is 0 Å². The van der Waals surface area contributed by atoms with Crippen molar-refractivity contribution in [3.8, 4) is 0 Å². The number of likely N-dealkylation sites (tertiary alicyclic amines) is 1. The Kier molecular flexibility index (Phi) is 7.36. The minimum Gasteiger partial charge on any atom is -0.383 e. The Hall–Kier alpha value is -1.43. The van der Waals surface area contributed by atoms with Crippen LogP contribution in [0.25, 0.3) is 0 Å². The Labute approximate surface area is 133 Å². The second-order valence-electron chi connectivity index (χ2n) is 5.64. The van der Waals surface area contributed by atoms with Crippen LogP contribution in [0.4, 0.5) is 0 Å². The van der Waals surface area contributed by atoms with Crippen molar-refractivity contribution < 1.29 is 9.53 Å². The van der Waals surface area contributed by atoms with Crippen LogP contribution in [0.1, 0.15) is 24.4 Å². The summed E-state index contributed by atoms with van der Waals surface area (Å²) in [5.41, 5.74) is 1.28. The standard InChI is InChI=1S/C17H27N3O2/c1-22-12-9-18-14-17(21)19-13-16(20-10-5-6-11-20)15-7-3-2-4-8-15/h2-4,7-8,16,18H,5-6,9-14H2,1H3,(H,19,21). The number of benzene rings is 1.